The quantitative estimate of drug-likeness (QED) is 0.190. The predicted octanol–water partition coefficient (Wildman–Crippen LogP) is -2.50. The minimum atomic E-state index is -1.57. The van der Waals surface area contributed by atoms with Gasteiger partial charge in [-0.1, -0.05) is 5.59 Å². The third kappa shape index (κ3) is 1.99. The van der Waals surface area contributed by atoms with Crippen molar-refractivity contribution in [2.45, 2.75) is 5.79 Å². The van der Waals surface area contributed by atoms with Gasteiger partial charge in [0.05, 0.1) is 0 Å². The minimum absolute atomic E-state index is 0. The maximum absolute atomic E-state index is 10.0. The Bertz CT molecular complexity index is 162. The van der Waals surface area contributed by atoms with Crippen molar-refractivity contribution in [2.75, 3.05) is 6.61 Å². The molecule has 0 bridgehead atoms. The van der Waals surface area contributed by atoms with Crippen molar-refractivity contribution in [3.8, 4) is 0 Å². The molecule has 1 rings (SSSR count). The Balaban J connectivity index is 0.000001000. The number of hydrogen-bond acceptors (Lipinski definition) is 6. The van der Waals surface area contributed by atoms with E-state index in [0.717, 1.165) is 0 Å². The van der Waals surface area contributed by atoms with E-state index in [2.05, 4.69) is 4.84 Å². The fraction of sp³-hybridized carbons (Fsp3) is 1.00. The molecule has 1 radical (unpaired) electrons. The van der Waals surface area contributed by atoms with Gasteiger partial charge in [0.25, 0.3) is 0 Å². The summed E-state index contributed by atoms with van der Waals surface area (Å²) >= 11 is 0. The number of nitro groups is 1. The summed E-state index contributed by atoms with van der Waals surface area (Å²) < 4.78 is 0. The Morgan fingerprint density at radius 3 is 2.45 bits per heavy atom. The molecule has 9 heteroatoms. The SMILES string of the molecule is NC1(N)CONN1[N+](=O)[O-].[Cu]. The third-order valence-corrected chi connectivity index (χ3v) is 1.01. The van der Waals surface area contributed by atoms with Crippen LogP contribution in [0.3, 0.4) is 0 Å². The van der Waals surface area contributed by atoms with Crippen molar-refractivity contribution in [1.82, 2.24) is 10.7 Å². The van der Waals surface area contributed by atoms with E-state index >= 15 is 0 Å². The van der Waals surface area contributed by atoms with E-state index in [1.807, 2.05) is 5.59 Å². The fourth-order valence-electron chi connectivity index (χ4n) is 0.540. The molecule has 1 saturated heterocycles. The largest absolute Gasteiger partial charge is 0.288 e. The number of nitrogens with zero attached hydrogens (tertiary/aromatic N) is 2. The first-order valence-electron chi connectivity index (χ1n) is 2.44. The van der Waals surface area contributed by atoms with Crippen molar-refractivity contribution in [2.24, 2.45) is 11.5 Å². The molecular weight excluding hydrogens is 206 g/mol. The van der Waals surface area contributed by atoms with Gasteiger partial charge in [-0.15, -0.1) is 0 Å². The molecule has 0 spiro atoms. The normalized spacial score (nSPS) is 21.1. The van der Waals surface area contributed by atoms with Crippen LogP contribution in [0.5, 0.6) is 0 Å². The number of hydrazine groups is 2. The Morgan fingerprint density at radius 2 is 2.27 bits per heavy atom. The smallest absolute Gasteiger partial charge is 0.245 e. The van der Waals surface area contributed by atoms with Crippen LogP contribution in [-0.4, -0.2) is 22.5 Å². The first-order chi connectivity index (χ1) is 4.54. The van der Waals surface area contributed by atoms with Crippen LogP contribution in [-0.2, 0) is 21.9 Å². The summed E-state index contributed by atoms with van der Waals surface area (Å²) in [5, 5.41) is 9.66. The van der Waals surface area contributed by atoms with Gasteiger partial charge in [-0.25, -0.2) is 10.1 Å². The Morgan fingerprint density at radius 1 is 1.73 bits per heavy atom. The third-order valence-electron chi connectivity index (χ3n) is 1.01. The van der Waals surface area contributed by atoms with Gasteiger partial charge in [0.15, 0.2) is 5.03 Å². The van der Waals surface area contributed by atoms with Gasteiger partial charge in [0.2, 0.25) is 5.79 Å². The summed E-state index contributed by atoms with van der Waals surface area (Å²) in [6.07, 6.45) is 0. The molecule has 11 heavy (non-hydrogen) atoms. The second-order valence-electron chi connectivity index (χ2n) is 1.92. The topological polar surface area (TPSA) is 120 Å². The van der Waals surface area contributed by atoms with Crippen LogP contribution < -0.4 is 17.1 Å². The van der Waals surface area contributed by atoms with Crippen LogP contribution in [0.1, 0.15) is 0 Å². The minimum Gasteiger partial charge on any atom is -0.288 e. The molecule has 0 atom stereocenters. The van der Waals surface area contributed by atoms with E-state index in [0.29, 0.717) is 5.12 Å². The van der Waals surface area contributed by atoms with E-state index in [4.69, 9.17) is 11.5 Å². The molecule has 5 N–H and O–H groups in total. The molecule has 0 unspecified atom stereocenters. The summed E-state index contributed by atoms with van der Waals surface area (Å²) in [5.74, 6) is -1.57. The second kappa shape index (κ2) is 3.30. The maximum atomic E-state index is 10.0. The van der Waals surface area contributed by atoms with E-state index < -0.39 is 10.8 Å². The van der Waals surface area contributed by atoms with Crippen LogP contribution in [0.25, 0.3) is 0 Å². The zero-order chi connectivity index (χ0) is 7.78. The number of rotatable bonds is 1. The maximum Gasteiger partial charge on any atom is 0.245 e. The Kier molecular flexibility index (Phi) is 3.17. The first-order valence-corrected chi connectivity index (χ1v) is 2.44. The monoisotopic (exact) mass is 212 g/mol. The van der Waals surface area contributed by atoms with Crippen LogP contribution in [0.15, 0.2) is 0 Å². The van der Waals surface area contributed by atoms with Gasteiger partial charge in [-0.2, -0.15) is 0 Å². The summed E-state index contributed by atoms with van der Waals surface area (Å²) in [6, 6.07) is 0. The molecule has 0 aromatic heterocycles. The van der Waals surface area contributed by atoms with Crippen LogP contribution in [0, 0.1) is 10.1 Å². The molecule has 1 fully saturated rings. The van der Waals surface area contributed by atoms with Crippen molar-refractivity contribution in [3.63, 3.8) is 0 Å². The van der Waals surface area contributed by atoms with Gasteiger partial charge in [0.1, 0.15) is 6.61 Å². The van der Waals surface area contributed by atoms with Crippen LogP contribution >= 0.6 is 0 Å². The molecule has 0 aromatic carbocycles. The van der Waals surface area contributed by atoms with Crippen molar-refractivity contribution in [1.29, 1.82) is 0 Å². The number of nitrogens with one attached hydrogen (secondary N) is 1. The Labute approximate surface area is 72.3 Å². The predicted molar refractivity (Wildman–Crippen MR) is 29.0 cm³/mol. The molecule has 8 nitrogen and oxygen atoms in total. The summed E-state index contributed by atoms with van der Waals surface area (Å²) in [4.78, 5) is 14.5. The van der Waals surface area contributed by atoms with E-state index in [9.17, 15) is 10.1 Å². The van der Waals surface area contributed by atoms with Crippen molar-refractivity contribution < 1.29 is 26.9 Å². The molecule has 0 aromatic rings. The molecule has 69 valence electrons. The van der Waals surface area contributed by atoms with Gasteiger partial charge in [-0.3, -0.25) is 16.3 Å². The average molecular weight is 213 g/mol. The summed E-state index contributed by atoms with van der Waals surface area (Å²) in [7, 11) is 0. The molecule has 0 aliphatic carbocycles. The van der Waals surface area contributed by atoms with E-state index in [1.54, 1.807) is 0 Å². The number of hydrogen-bond donors (Lipinski definition) is 3. The zero-order valence-electron chi connectivity index (χ0n) is 5.28. The molecular formula is C2H7CuN5O3. The molecule has 1 aliphatic heterocycles. The second-order valence-corrected chi connectivity index (χ2v) is 1.92. The number of nitrogens with two attached hydrogens (primary N) is 2. The molecule has 0 amide bonds. The first kappa shape index (κ1) is 10.6. The Hall–Kier alpha value is -0.441. The zero-order valence-corrected chi connectivity index (χ0v) is 6.22. The van der Waals surface area contributed by atoms with Gasteiger partial charge < -0.3 is 0 Å². The van der Waals surface area contributed by atoms with Crippen LogP contribution in [0.2, 0.25) is 0 Å². The van der Waals surface area contributed by atoms with Crippen molar-refractivity contribution >= 4 is 0 Å². The summed E-state index contributed by atoms with van der Waals surface area (Å²) in [5.41, 5.74) is 12.3. The van der Waals surface area contributed by atoms with Gasteiger partial charge in [-0.05, 0) is 0 Å². The van der Waals surface area contributed by atoms with Crippen molar-refractivity contribution in [3.05, 3.63) is 10.1 Å². The van der Waals surface area contributed by atoms with Gasteiger partial charge >= 0.3 is 0 Å². The summed E-state index contributed by atoms with van der Waals surface area (Å²) in [6.45, 7) is -0.131. The molecule has 0 saturated carbocycles. The van der Waals surface area contributed by atoms with E-state index in [-0.39, 0.29) is 23.7 Å². The molecule has 1 aliphatic rings. The fourth-order valence-corrected chi connectivity index (χ4v) is 0.540. The van der Waals surface area contributed by atoms with Crippen LogP contribution in [0.4, 0.5) is 0 Å². The molecule has 1 heterocycles. The van der Waals surface area contributed by atoms with E-state index in [1.165, 1.54) is 0 Å². The average Bonchev–Trinajstić information content (AvgIpc) is 2.08. The van der Waals surface area contributed by atoms with Gasteiger partial charge in [0, 0.05) is 22.2 Å². The standard InChI is InChI=1S/C2H7N5O3.Cu/c3-2(4)1-10-5-6(2)7(8)9;/h5H,1,3-4H2;.